The van der Waals surface area contributed by atoms with E-state index in [-0.39, 0.29) is 17.3 Å². The number of ether oxygens (including phenoxy) is 1. The lowest BCUT2D eigenvalue weighted by atomic mass is 10.4. The molecule has 1 heterocycles. The summed E-state index contributed by atoms with van der Waals surface area (Å²) in [6.45, 7) is 5.03. The minimum atomic E-state index is -0.273. The van der Waals surface area contributed by atoms with E-state index in [1.807, 2.05) is 0 Å². The SMILES string of the molecule is C=CCNC(=O)CSc1n[nH]c(=O)n1CCCOC. The van der Waals surface area contributed by atoms with Crippen LogP contribution in [0.15, 0.2) is 22.6 Å². The van der Waals surface area contributed by atoms with Crippen LogP contribution in [0.2, 0.25) is 0 Å². The number of rotatable bonds is 9. The van der Waals surface area contributed by atoms with Crippen molar-refractivity contribution in [1.29, 1.82) is 0 Å². The fourth-order valence-electron chi connectivity index (χ4n) is 1.34. The van der Waals surface area contributed by atoms with E-state index in [1.165, 1.54) is 16.3 Å². The molecule has 1 rings (SSSR count). The van der Waals surface area contributed by atoms with E-state index in [0.29, 0.717) is 31.3 Å². The molecule has 1 aromatic heterocycles. The molecule has 0 atom stereocenters. The first-order chi connectivity index (χ1) is 9.19. The quantitative estimate of drug-likeness (QED) is 0.379. The Kier molecular flexibility index (Phi) is 6.98. The fourth-order valence-corrected chi connectivity index (χ4v) is 2.15. The van der Waals surface area contributed by atoms with Gasteiger partial charge < -0.3 is 10.1 Å². The monoisotopic (exact) mass is 286 g/mol. The number of aromatic nitrogens is 3. The number of nitrogens with zero attached hydrogens (tertiary/aromatic N) is 2. The number of H-pyrrole nitrogens is 1. The average Bonchev–Trinajstić information content (AvgIpc) is 2.75. The maximum atomic E-state index is 11.5. The summed E-state index contributed by atoms with van der Waals surface area (Å²) >= 11 is 1.22. The van der Waals surface area contributed by atoms with Crippen molar-refractivity contribution < 1.29 is 9.53 Å². The van der Waals surface area contributed by atoms with Gasteiger partial charge in [-0.1, -0.05) is 17.8 Å². The predicted octanol–water partition coefficient (Wildman–Crippen LogP) is 0.00220. The molecule has 1 amide bonds. The first-order valence-corrected chi connectivity index (χ1v) is 6.82. The standard InChI is InChI=1S/C11H18N4O3S/c1-3-5-12-9(16)8-19-11-14-13-10(17)15(11)6-4-7-18-2/h3H,1,4-8H2,2H3,(H,12,16)(H,13,17). The highest BCUT2D eigenvalue weighted by atomic mass is 32.2. The maximum absolute atomic E-state index is 11.5. The summed E-state index contributed by atoms with van der Waals surface area (Å²) in [5.74, 6) is 0.0892. The summed E-state index contributed by atoms with van der Waals surface area (Å²) in [4.78, 5) is 23.0. The molecule has 0 unspecified atom stereocenters. The molecule has 0 aromatic carbocycles. The van der Waals surface area contributed by atoms with Crippen LogP contribution in [-0.4, -0.2) is 46.7 Å². The van der Waals surface area contributed by atoms with Crippen molar-refractivity contribution in [3.63, 3.8) is 0 Å². The Bertz CT molecular complexity index is 469. The van der Waals surface area contributed by atoms with Crippen LogP contribution in [0.4, 0.5) is 0 Å². The summed E-state index contributed by atoms with van der Waals surface area (Å²) < 4.78 is 6.44. The van der Waals surface area contributed by atoms with Gasteiger partial charge in [0.25, 0.3) is 0 Å². The molecule has 0 radical (unpaired) electrons. The number of hydrogen-bond donors (Lipinski definition) is 2. The minimum absolute atomic E-state index is 0.121. The van der Waals surface area contributed by atoms with Crippen molar-refractivity contribution >= 4 is 17.7 Å². The second kappa shape index (κ2) is 8.54. The van der Waals surface area contributed by atoms with Crippen LogP contribution in [0.1, 0.15) is 6.42 Å². The number of hydrogen-bond acceptors (Lipinski definition) is 5. The molecule has 1 aromatic rings. The third-order valence-corrected chi connectivity index (χ3v) is 3.21. The minimum Gasteiger partial charge on any atom is -0.385 e. The highest BCUT2D eigenvalue weighted by molar-refractivity contribution is 7.99. The number of carbonyl (C=O) groups is 1. The lowest BCUT2D eigenvalue weighted by Gasteiger charge is -2.05. The van der Waals surface area contributed by atoms with Gasteiger partial charge in [-0.25, -0.2) is 9.89 Å². The smallest absolute Gasteiger partial charge is 0.343 e. The van der Waals surface area contributed by atoms with E-state index in [1.54, 1.807) is 13.2 Å². The molecule has 8 heteroatoms. The number of nitrogens with one attached hydrogen (secondary N) is 2. The Labute approximate surface area is 115 Å². The number of aromatic amines is 1. The molecule has 0 aliphatic carbocycles. The van der Waals surface area contributed by atoms with Gasteiger partial charge in [0.2, 0.25) is 5.91 Å². The molecule has 7 nitrogen and oxygen atoms in total. The van der Waals surface area contributed by atoms with Crippen molar-refractivity contribution in [2.24, 2.45) is 0 Å². The predicted molar refractivity (Wildman–Crippen MR) is 73.3 cm³/mol. The third kappa shape index (κ3) is 5.31. The normalized spacial score (nSPS) is 10.4. The fraction of sp³-hybridized carbons (Fsp3) is 0.545. The van der Waals surface area contributed by atoms with Crippen LogP contribution in [-0.2, 0) is 16.1 Å². The van der Waals surface area contributed by atoms with Crippen molar-refractivity contribution in [2.75, 3.05) is 26.0 Å². The second-order valence-corrected chi connectivity index (χ2v) is 4.63. The maximum Gasteiger partial charge on any atom is 0.343 e. The number of carbonyl (C=O) groups excluding carboxylic acids is 1. The lowest BCUT2D eigenvalue weighted by Crippen LogP contribution is -2.25. The van der Waals surface area contributed by atoms with Crippen molar-refractivity contribution in [2.45, 2.75) is 18.1 Å². The molecule has 0 bridgehead atoms. The summed E-state index contributed by atoms with van der Waals surface area (Å²) in [7, 11) is 1.61. The topological polar surface area (TPSA) is 89.0 Å². The zero-order chi connectivity index (χ0) is 14.1. The summed E-state index contributed by atoms with van der Waals surface area (Å²) in [6.07, 6.45) is 2.32. The summed E-state index contributed by atoms with van der Waals surface area (Å²) in [6, 6.07) is 0. The van der Waals surface area contributed by atoms with Crippen molar-refractivity contribution in [1.82, 2.24) is 20.1 Å². The molecule has 106 valence electrons. The van der Waals surface area contributed by atoms with Crippen molar-refractivity contribution in [3.8, 4) is 0 Å². The highest BCUT2D eigenvalue weighted by Gasteiger charge is 2.10. The Hall–Kier alpha value is -1.54. The zero-order valence-corrected chi connectivity index (χ0v) is 11.7. The van der Waals surface area contributed by atoms with Crippen LogP contribution in [0.25, 0.3) is 0 Å². The van der Waals surface area contributed by atoms with Gasteiger partial charge in [-0.3, -0.25) is 9.36 Å². The molecule has 0 spiro atoms. The molecular weight excluding hydrogens is 268 g/mol. The van der Waals surface area contributed by atoms with Gasteiger partial charge in [0.1, 0.15) is 0 Å². The van der Waals surface area contributed by atoms with Gasteiger partial charge >= 0.3 is 5.69 Å². The highest BCUT2D eigenvalue weighted by Crippen LogP contribution is 2.12. The molecular formula is C11H18N4O3S. The van der Waals surface area contributed by atoms with Gasteiger partial charge in [0.05, 0.1) is 5.75 Å². The molecule has 0 aliphatic heterocycles. The van der Waals surface area contributed by atoms with E-state index >= 15 is 0 Å². The lowest BCUT2D eigenvalue weighted by molar-refractivity contribution is -0.118. The summed E-state index contributed by atoms with van der Waals surface area (Å²) in [5.41, 5.74) is -0.273. The molecule has 0 aliphatic rings. The van der Waals surface area contributed by atoms with E-state index in [2.05, 4.69) is 22.1 Å². The van der Waals surface area contributed by atoms with Crippen LogP contribution >= 0.6 is 11.8 Å². The van der Waals surface area contributed by atoms with E-state index < -0.39 is 0 Å². The first-order valence-electron chi connectivity index (χ1n) is 5.83. The van der Waals surface area contributed by atoms with Gasteiger partial charge in [-0.15, -0.1) is 11.7 Å². The van der Waals surface area contributed by atoms with Gasteiger partial charge in [0.15, 0.2) is 5.16 Å². The first kappa shape index (κ1) is 15.5. The second-order valence-electron chi connectivity index (χ2n) is 3.69. The molecule has 2 N–H and O–H groups in total. The Morgan fingerprint density at radius 1 is 1.68 bits per heavy atom. The Morgan fingerprint density at radius 2 is 2.47 bits per heavy atom. The third-order valence-electron chi connectivity index (χ3n) is 2.23. The van der Waals surface area contributed by atoms with Crippen LogP contribution in [0.5, 0.6) is 0 Å². The number of amides is 1. The Morgan fingerprint density at radius 3 is 3.16 bits per heavy atom. The Balaban J connectivity index is 2.51. The molecule has 19 heavy (non-hydrogen) atoms. The van der Waals surface area contributed by atoms with Crippen molar-refractivity contribution in [3.05, 3.63) is 23.1 Å². The molecule has 0 saturated heterocycles. The zero-order valence-electron chi connectivity index (χ0n) is 10.8. The molecule has 0 fully saturated rings. The number of thioether (sulfide) groups is 1. The number of methoxy groups -OCH3 is 1. The van der Waals surface area contributed by atoms with Gasteiger partial charge in [0, 0.05) is 26.8 Å². The van der Waals surface area contributed by atoms with E-state index in [0.717, 1.165) is 0 Å². The van der Waals surface area contributed by atoms with Crippen LogP contribution in [0.3, 0.4) is 0 Å². The van der Waals surface area contributed by atoms with E-state index in [9.17, 15) is 9.59 Å². The van der Waals surface area contributed by atoms with Crippen LogP contribution < -0.4 is 11.0 Å². The van der Waals surface area contributed by atoms with E-state index in [4.69, 9.17) is 4.74 Å². The van der Waals surface area contributed by atoms with Gasteiger partial charge in [-0.05, 0) is 6.42 Å². The average molecular weight is 286 g/mol. The molecule has 0 saturated carbocycles. The largest absolute Gasteiger partial charge is 0.385 e. The summed E-state index contributed by atoms with van der Waals surface area (Å²) in [5, 5.41) is 9.44. The van der Waals surface area contributed by atoms with Gasteiger partial charge in [-0.2, -0.15) is 0 Å². The van der Waals surface area contributed by atoms with Crippen LogP contribution in [0, 0.1) is 0 Å².